The number of hydrogen-bond acceptors (Lipinski definition) is 4. The summed E-state index contributed by atoms with van der Waals surface area (Å²) in [6.07, 6.45) is 4.18. The molecule has 1 fully saturated rings. The van der Waals surface area contributed by atoms with Gasteiger partial charge >= 0.3 is 0 Å². The standard InChI is InChI=1S/C16H18Cl2N4O2/c17-13-4-3-12(8-14(13)18)15-9-21(6-7-24-15)16(23)2-1-5-22-11-19-10-20-22/h3-4,8,10-11,15H,1-2,5-7,9H2/t15-/m0/s1. The van der Waals surface area contributed by atoms with Gasteiger partial charge in [-0.3, -0.25) is 9.48 Å². The SMILES string of the molecule is O=C(CCCn1cncn1)N1CCO[C@H](c2ccc(Cl)c(Cl)c2)C1. The number of aromatic nitrogens is 3. The zero-order valence-electron chi connectivity index (χ0n) is 13.1. The van der Waals surface area contributed by atoms with Crippen LogP contribution in [-0.2, 0) is 16.1 Å². The number of nitrogens with zero attached hydrogens (tertiary/aromatic N) is 4. The molecule has 0 spiro atoms. The number of morpholine rings is 1. The molecule has 0 radical (unpaired) electrons. The van der Waals surface area contributed by atoms with Crippen molar-refractivity contribution in [1.29, 1.82) is 0 Å². The number of aryl methyl sites for hydroxylation is 1. The summed E-state index contributed by atoms with van der Waals surface area (Å²) in [4.78, 5) is 18.1. The predicted octanol–water partition coefficient (Wildman–Crippen LogP) is 2.97. The summed E-state index contributed by atoms with van der Waals surface area (Å²) in [5.41, 5.74) is 0.935. The Hall–Kier alpha value is -1.63. The Bertz CT molecular complexity index is 693. The van der Waals surface area contributed by atoms with E-state index in [-0.39, 0.29) is 12.0 Å². The van der Waals surface area contributed by atoms with Crippen LogP contribution < -0.4 is 0 Å². The molecule has 128 valence electrons. The molecule has 0 aliphatic carbocycles. The van der Waals surface area contributed by atoms with Gasteiger partial charge in [-0.05, 0) is 24.1 Å². The first-order valence-corrected chi connectivity index (χ1v) is 8.56. The molecular weight excluding hydrogens is 351 g/mol. The van der Waals surface area contributed by atoms with Crippen molar-refractivity contribution in [2.45, 2.75) is 25.5 Å². The van der Waals surface area contributed by atoms with Crippen molar-refractivity contribution in [3.8, 4) is 0 Å². The molecule has 1 saturated heterocycles. The molecule has 2 aromatic rings. The molecule has 0 N–H and O–H groups in total. The number of amides is 1. The van der Waals surface area contributed by atoms with Crippen LogP contribution in [0.1, 0.15) is 24.5 Å². The third-order valence-corrected chi connectivity index (χ3v) is 4.72. The Morgan fingerprint density at radius 1 is 1.33 bits per heavy atom. The monoisotopic (exact) mass is 368 g/mol. The van der Waals surface area contributed by atoms with Crippen LogP contribution in [0, 0.1) is 0 Å². The first-order chi connectivity index (χ1) is 11.6. The Kier molecular flexibility index (Phi) is 5.71. The number of rotatable bonds is 5. The fourth-order valence-electron chi connectivity index (χ4n) is 2.69. The molecule has 0 unspecified atom stereocenters. The summed E-state index contributed by atoms with van der Waals surface area (Å²) in [7, 11) is 0. The largest absolute Gasteiger partial charge is 0.370 e. The van der Waals surface area contributed by atoms with Crippen LogP contribution >= 0.6 is 23.2 Å². The quantitative estimate of drug-likeness (QED) is 0.813. The van der Waals surface area contributed by atoms with Crippen molar-refractivity contribution >= 4 is 29.1 Å². The maximum absolute atomic E-state index is 12.4. The zero-order chi connectivity index (χ0) is 16.9. The lowest BCUT2D eigenvalue weighted by molar-refractivity contribution is -0.139. The van der Waals surface area contributed by atoms with E-state index in [2.05, 4.69) is 10.1 Å². The van der Waals surface area contributed by atoms with Crippen LogP contribution in [0.15, 0.2) is 30.9 Å². The smallest absolute Gasteiger partial charge is 0.222 e. The van der Waals surface area contributed by atoms with Gasteiger partial charge in [0.05, 0.1) is 23.2 Å². The predicted molar refractivity (Wildman–Crippen MR) is 91.0 cm³/mol. The minimum absolute atomic E-state index is 0.128. The van der Waals surface area contributed by atoms with Gasteiger partial charge in [0.2, 0.25) is 5.91 Å². The van der Waals surface area contributed by atoms with Crippen molar-refractivity contribution < 1.29 is 9.53 Å². The molecule has 2 heterocycles. The number of halogens is 2. The second-order valence-corrected chi connectivity index (χ2v) is 6.45. The topological polar surface area (TPSA) is 60.2 Å². The summed E-state index contributed by atoms with van der Waals surface area (Å²) in [6, 6.07) is 5.44. The molecule has 24 heavy (non-hydrogen) atoms. The minimum Gasteiger partial charge on any atom is -0.370 e. The Morgan fingerprint density at radius 2 is 2.21 bits per heavy atom. The van der Waals surface area contributed by atoms with Crippen LogP contribution in [0.25, 0.3) is 0 Å². The van der Waals surface area contributed by atoms with Gasteiger partial charge in [-0.25, -0.2) is 4.98 Å². The van der Waals surface area contributed by atoms with Crippen molar-refractivity contribution in [3.63, 3.8) is 0 Å². The molecule has 1 amide bonds. The summed E-state index contributed by atoms with van der Waals surface area (Å²) >= 11 is 12.0. The van der Waals surface area contributed by atoms with E-state index in [1.165, 1.54) is 6.33 Å². The van der Waals surface area contributed by atoms with E-state index in [0.717, 1.165) is 12.0 Å². The van der Waals surface area contributed by atoms with Gasteiger partial charge in [0.15, 0.2) is 0 Å². The average Bonchev–Trinajstić information content (AvgIpc) is 3.11. The van der Waals surface area contributed by atoms with E-state index in [1.54, 1.807) is 23.1 Å². The fraction of sp³-hybridized carbons (Fsp3) is 0.438. The molecule has 3 rings (SSSR count). The molecule has 1 aromatic heterocycles. The molecule has 1 aliphatic heterocycles. The second-order valence-electron chi connectivity index (χ2n) is 5.63. The van der Waals surface area contributed by atoms with E-state index in [9.17, 15) is 4.79 Å². The van der Waals surface area contributed by atoms with E-state index in [1.807, 2.05) is 11.0 Å². The van der Waals surface area contributed by atoms with Crippen molar-refractivity contribution in [2.75, 3.05) is 19.7 Å². The van der Waals surface area contributed by atoms with Gasteiger partial charge in [-0.2, -0.15) is 5.10 Å². The fourth-order valence-corrected chi connectivity index (χ4v) is 3.00. The van der Waals surface area contributed by atoms with Gasteiger partial charge < -0.3 is 9.64 Å². The van der Waals surface area contributed by atoms with E-state index in [4.69, 9.17) is 27.9 Å². The summed E-state index contributed by atoms with van der Waals surface area (Å²) < 4.78 is 7.51. The average molecular weight is 369 g/mol. The van der Waals surface area contributed by atoms with Crippen molar-refractivity contribution in [2.24, 2.45) is 0 Å². The third-order valence-electron chi connectivity index (χ3n) is 3.98. The molecule has 1 aliphatic rings. The summed E-state index contributed by atoms with van der Waals surface area (Å²) in [5.74, 6) is 0.128. The molecule has 0 bridgehead atoms. The van der Waals surface area contributed by atoms with E-state index >= 15 is 0 Å². The molecule has 6 nitrogen and oxygen atoms in total. The Balaban J connectivity index is 1.54. The number of carbonyl (C=O) groups is 1. The Morgan fingerprint density at radius 3 is 2.96 bits per heavy atom. The van der Waals surface area contributed by atoms with E-state index in [0.29, 0.717) is 42.7 Å². The summed E-state index contributed by atoms with van der Waals surface area (Å²) in [6.45, 7) is 2.34. The highest BCUT2D eigenvalue weighted by molar-refractivity contribution is 6.42. The van der Waals surface area contributed by atoms with Crippen LogP contribution in [-0.4, -0.2) is 45.3 Å². The van der Waals surface area contributed by atoms with Gasteiger partial charge in [0.1, 0.15) is 18.8 Å². The number of benzene rings is 1. The van der Waals surface area contributed by atoms with Crippen LogP contribution in [0.4, 0.5) is 0 Å². The molecule has 0 saturated carbocycles. The lowest BCUT2D eigenvalue weighted by Crippen LogP contribution is -2.42. The first-order valence-electron chi connectivity index (χ1n) is 7.80. The third kappa shape index (κ3) is 4.26. The summed E-state index contributed by atoms with van der Waals surface area (Å²) in [5, 5.41) is 5.04. The molecule has 1 aromatic carbocycles. The van der Waals surface area contributed by atoms with Gasteiger partial charge in [-0.15, -0.1) is 0 Å². The number of ether oxygens (including phenoxy) is 1. The van der Waals surface area contributed by atoms with Crippen molar-refractivity contribution in [1.82, 2.24) is 19.7 Å². The normalized spacial score (nSPS) is 17.9. The highest BCUT2D eigenvalue weighted by Crippen LogP contribution is 2.29. The van der Waals surface area contributed by atoms with Crippen LogP contribution in [0.5, 0.6) is 0 Å². The lowest BCUT2D eigenvalue weighted by Gasteiger charge is -2.33. The Labute approximate surface area is 150 Å². The second kappa shape index (κ2) is 7.96. The maximum Gasteiger partial charge on any atom is 0.222 e. The maximum atomic E-state index is 12.4. The number of hydrogen-bond donors (Lipinski definition) is 0. The lowest BCUT2D eigenvalue weighted by atomic mass is 10.1. The first kappa shape index (κ1) is 17.2. The molecular formula is C16H18Cl2N4O2. The highest BCUT2D eigenvalue weighted by Gasteiger charge is 2.25. The molecule has 1 atom stereocenters. The number of carbonyl (C=O) groups excluding carboxylic acids is 1. The molecule has 8 heteroatoms. The van der Waals surface area contributed by atoms with Gasteiger partial charge in [-0.1, -0.05) is 29.3 Å². The van der Waals surface area contributed by atoms with Gasteiger partial charge in [0.25, 0.3) is 0 Å². The van der Waals surface area contributed by atoms with E-state index < -0.39 is 0 Å². The highest BCUT2D eigenvalue weighted by atomic mass is 35.5. The zero-order valence-corrected chi connectivity index (χ0v) is 14.6. The van der Waals surface area contributed by atoms with Crippen LogP contribution in [0.2, 0.25) is 10.0 Å². The minimum atomic E-state index is -0.173. The van der Waals surface area contributed by atoms with Gasteiger partial charge in [0, 0.05) is 19.5 Å². The van der Waals surface area contributed by atoms with Crippen LogP contribution in [0.3, 0.4) is 0 Å². The van der Waals surface area contributed by atoms with Crippen molar-refractivity contribution in [3.05, 3.63) is 46.5 Å².